The Morgan fingerprint density at radius 2 is 0.471 bits per heavy atom. The van der Waals surface area contributed by atoms with Crippen molar-refractivity contribution in [3.8, 4) is 0 Å². The van der Waals surface area contributed by atoms with E-state index in [1.54, 1.807) is 0 Å². The third-order valence-corrected chi connectivity index (χ3v) is 13.7. The Labute approximate surface area is 406 Å². The lowest BCUT2D eigenvalue weighted by Gasteiger charge is -2.19. The average molecular weight is 888 g/mol. The monoisotopic (exact) mass is 887 g/mol. The molecule has 0 saturated heterocycles. The zero-order valence-electron chi connectivity index (χ0n) is 40.5. The fourth-order valence-corrected chi connectivity index (χ4v) is 9.91. The van der Waals surface area contributed by atoms with Crippen molar-refractivity contribution in [2.45, 2.75) is 118 Å². The Hall–Kier alpha value is -7.75. The molecule has 5 nitrogen and oxygen atoms in total. The van der Waals surface area contributed by atoms with Gasteiger partial charge in [-0.15, -0.1) is 0 Å². The van der Waals surface area contributed by atoms with Crippen molar-refractivity contribution in [2.24, 2.45) is 0 Å². The first-order chi connectivity index (χ1) is 33.1. The van der Waals surface area contributed by atoms with Gasteiger partial charge < -0.3 is 0 Å². The second-order valence-electron chi connectivity index (χ2n) is 17.7. The predicted molar refractivity (Wildman–Crippen MR) is 284 cm³/mol. The summed E-state index contributed by atoms with van der Waals surface area (Å²) in [6.07, 6.45) is 14.5. The van der Waals surface area contributed by atoms with E-state index in [1.165, 1.54) is 103 Å². The van der Waals surface area contributed by atoms with Gasteiger partial charge in [0.15, 0.2) is 28.5 Å². The molecule has 0 saturated carbocycles. The molecule has 0 atom stereocenters. The van der Waals surface area contributed by atoms with E-state index in [-0.39, 0.29) is 0 Å². The molecule has 0 amide bonds. The highest BCUT2D eigenvalue weighted by Crippen LogP contribution is 2.37. The first kappa shape index (κ1) is 49.7. The van der Waals surface area contributed by atoms with Crippen LogP contribution in [0.2, 0.25) is 0 Å². The molecule has 0 radical (unpaired) electrons. The second-order valence-corrected chi connectivity index (χ2v) is 17.7. The van der Waals surface area contributed by atoms with Crippen LogP contribution in [0.5, 0.6) is 0 Å². The SMILES string of the molecule is [C-]#[N+]/C(C)=C1/CCCCc2ccccc21.[C-]#[N+]/C(C)=C1/CCCc2ccccc21.[C-]#[N+]/C(C)=C1/CCc2ccccc21.[C-]#[N+]/C(C)=C1/CCc2ccccc21.[C-]#[N+]/C(C)=C1/CCc2ccccc21. The summed E-state index contributed by atoms with van der Waals surface area (Å²) in [6, 6.07) is 42.1. The Kier molecular flexibility index (Phi) is 18.0. The van der Waals surface area contributed by atoms with E-state index in [1.807, 2.05) is 52.8 Å². The van der Waals surface area contributed by atoms with Crippen LogP contribution in [-0.4, -0.2) is 0 Å². The highest BCUT2D eigenvalue weighted by Gasteiger charge is 2.20. The van der Waals surface area contributed by atoms with Crippen molar-refractivity contribution >= 4 is 27.9 Å². The highest BCUT2D eigenvalue weighted by molar-refractivity contribution is 5.78. The number of benzene rings is 5. The maximum Gasteiger partial charge on any atom is 0.166 e. The number of nitrogens with zero attached hydrogens (tertiary/aromatic N) is 5. The molecule has 0 fully saturated rings. The van der Waals surface area contributed by atoms with Gasteiger partial charge in [-0.25, -0.2) is 24.2 Å². The van der Waals surface area contributed by atoms with Crippen molar-refractivity contribution in [2.75, 3.05) is 0 Å². The molecule has 68 heavy (non-hydrogen) atoms. The molecular weight excluding hydrogens is 827 g/mol. The quantitative estimate of drug-likeness (QED) is 0.109. The molecule has 0 spiro atoms. The van der Waals surface area contributed by atoms with Crippen LogP contribution in [0, 0.1) is 32.9 Å². The number of hydrogen-bond acceptors (Lipinski definition) is 0. The van der Waals surface area contributed by atoms with Gasteiger partial charge in [0, 0.05) is 0 Å². The first-order valence-electron chi connectivity index (χ1n) is 23.9. The largest absolute Gasteiger partial charge is 0.243 e. The number of fused-ring (bicyclic) bond motifs is 5. The zero-order valence-corrected chi connectivity index (χ0v) is 40.5. The van der Waals surface area contributed by atoms with Crippen LogP contribution in [0.3, 0.4) is 0 Å². The third-order valence-electron chi connectivity index (χ3n) is 13.7. The summed E-state index contributed by atoms with van der Waals surface area (Å²) >= 11 is 0. The van der Waals surface area contributed by atoms with E-state index < -0.39 is 0 Å². The summed E-state index contributed by atoms with van der Waals surface area (Å²) in [5.41, 5.74) is 24.0. The van der Waals surface area contributed by atoms with Crippen molar-refractivity contribution in [3.63, 3.8) is 0 Å². The van der Waals surface area contributed by atoms with E-state index in [4.69, 9.17) is 32.9 Å². The summed E-state index contributed by atoms with van der Waals surface area (Å²) in [6.45, 7) is 44.7. The van der Waals surface area contributed by atoms with Gasteiger partial charge in [-0.2, -0.15) is 0 Å². The Morgan fingerprint density at radius 3 is 0.750 bits per heavy atom. The van der Waals surface area contributed by atoms with Crippen LogP contribution in [-0.2, 0) is 32.1 Å². The average Bonchev–Trinajstić information content (AvgIpc) is 4.12. The van der Waals surface area contributed by atoms with Crippen molar-refractivity contribution in [1.29, 1.82) is 0 Å². The van der Waals surface area contributed by atoms with Gasteiger partial charge in [0.05, 0.1) is 32.9 Å². The smallest absolute Gasteiger partial charge is 0.166 e. The summed E-state index contributed by atoms with van der Waals surface area (Å²) in [5, 5.41) is 0. The third kappa shape index (κ3) is 12.2. The summed E-state index contributed by atoms with van der Waals surface area (Å²) in [4.78, 5) is 17.6. The fraction of sp³-hybridized carbons (Fsp3) is 0.286. The molecule has 10 rings (SSSR count). The van der Waals surface area contributed by atoms with Gasteiger partial charge in [0.2, 0.25) is 0 Å². The van der Waals surface area contributed by atoms with Crippen molar-refractivity contribution < 1.29 is 0 Å². The molecule has 0 aliphatic heterocycles. The lowest BCUT2D eigenvalue weighted by molar-refractivity contribution is 0.770. The zero-order chi connectivity index (χ0) is 48.4. The van der Waals surface area contributed by atoms with Crippen molar-refractivity contribution in [3.05, 3.63) is 263 Å². The number of hydrogen-bond donors (Lipinski definition) is 0. The number of aryl methyl sites for hydroxylation is 5. The minimum Gasteiger partial charge on any atom is -0.243 e. The van der Waals surface area contributed by atoms with E-state index in [9.17, 15) is 0 Å². The first-order valence-corrected chi connectivity index (χ1v) is 23.9. The summed E-state index contributed by atoms with van der Waals surface area (Å²) in [7, 11) is 0. The lowest BCUT2D eigenvalue weighted by atomic mass is 9.86. The molecule has 338 valence electrons. The van der Waals surface area contributed by atoms with Crippen LogP contribution < -0.4 is 0 Å². The summed E-state index contributed by atoms with van der Waals surface area (Å²) in [5.74, 6) is 0. The van der Waals surface area contributed by atoms with E-state index in [0.29, 0.717) is 0 Å². The maximum atomic E-state index is 7.12. The van der Waals surface area contributed by atoms with Crippen LogP contribution in [0.4, 0.5) is 0 Å². The van der Waals surface area contributed by atoms with Crippen molar-refractivity contribution in [1.82, 2.24) is 0 Å². The van der Waals surface area contributed by atoms with Gasteiger partial charge in [0.25, 0.3) is 0 Å². The van der Waals surface area contributed by atoms with Crippen LogP contribution in [0.1, 0.15) is 142 Å². The minimum atomic E-state index is 0.852. The van der Waals surface area contributed by atoms with Crippen LogP contribution >= 0.6 is 0 Å². The molecule has 0 bridgehead atoms. The molecule has 0 N–H and O–H groups in total. The van der Waals surface area contributed by atoms with E-state index in [2.05, 4.69) is 127 Å². The lowest BCUT2D eigenvalue weighted by Crippen LogP contribution is -2.02. The topological polar surface area (TPSA) is 21.8 Å². The maximum absolute atomic E-state index is 7.12. The molecule has 0 unspecified atom stereocenters. The van der Waals surface area contributed by atoms with Gasteiger partial charge >= 0.3 is 0 Å². The van der Waals surface area contributed by atoms with Gasteiger partial charge in [0.1, 0.15) is 0 Å². The highest BCUT2D eigenvalue weighted by atomic mass is 14.7. The normalized spacial score (nSPS) is 18.1. The van der Waals surface area contributed by atoms with Crippen LogP contribution in [0.25, 0.3) is 52.1 Å². The predicted octanol–water partition coefficient (Wildman–Crippen LogP) is 17.6. The van der Waals surface area contributed by atoms with E-state index in [0.717, 1.165) is 92.7 Å². The van der Waals surface area contributed by atoms with Gasteiger partial charge in [-0.1, -0.05) is 128 Å². The molecule has 5 aromatic carbocycles. The molecule has 0 heterocycles. The van der Waals surface area contributed by atoms with E-state index >= 15 is 0 Å². The standard InChI is InChI=1S/C14H15N.C13H13N.3C12H11N/c1-11(15-2)13-9-5-3-7-12-8-4-6-10-14(12)13;1-10(14-2)12-9-5-7-11-6-3-4-8-13(11)12;3*1-9(13-2)11-8-7-10-5-3-4-6-12(10)11/h4,6,8,10H,3,5,7,9H2,1H3;3-4,6,8H,5,7,9H2,1H3;3*3-6H,7-8H2,1H3/b13-11-;12-10-;3*11-9-. The molecule has 5 aromatic rings. The molecule has 5 aliphatic carbocycles. The number of allylic oxidation sites excluding steroid dienone is 10. The minimum absolute atomic E-state index is 0.852. The van der Waals surface area contributed by atoms with Gasteiger partial charge in [-0.3, -0.25) is 0 Å². The Balaban J connectivity index is 0.000000140. The van der Waals surface area contributed by atoms with Gasteiger partial charge in [-0.05, 0) is 195 Å². The second kappa shape index (κ2) is 24.7. The molecule has 5 aliphatic rings. The molecule has 0 aromatic heterocycles. The fourth-order valence-electron chi connectivity index (χ4n) is 9.91. The Morgan fingerprint density at radius 1 is 0.265 bits per heavy atom. The Bertz CT molecular complexity index is 2840. The number of rotatable bonds is 0. The van der Waals surface area contributed by atoms with Crippen LogP contribution in [0.15, 0.2) is 150 Å². The molecular formula is C63H61N5. The molecule has 5 heteroatoms. The summed E-state index contributed by atoms with van der Waals surface area (Å²) < 4.78 is 0.